The molecule has 2 aromatic rings. The number of benzene rings is 2. The van der Waals surface area contributed by atoms with Crippen LogP contribution in [0.5, 0.6) is 5.75 Å². The number of guanidine groups is 1. The van der Waals surface area contributed by atoms with Gasteiger partial charge in [-0.25, -0.2) is 0 Å². The molecule has 0 atom stereocenters. The molecule has 3 N–H and O–H groups in total. The molecule has 0 saturated carbocycles. The lowest BCUT2D eigenvalue weighted by molar-refractivity contribution is 0.262. The van der Waals surface area contributed by atoms with Crippen LogP contribution in [0.4, 0.5) is 5.69 Å². The Morgan fingerprint density at radius 3 is 2.60 bits per heavy atom. The van der Waals surface area contributed by atoms with E-state index in [-0.39, 0.29) is 24.0 Å². The maximum atomic E-state index is 5.96. The first-order chi connectivity index (χ1) is 11.7. The van der Waals surface area contributed by atoms with Gasteiger partial charge < -0.3 is 15.8 Å². The third-order valence-corrected chi connectivity index (χ3v) is 4.27. The van der Waals surface area contributed by atoms with E-state index in [0.717, 1.165) is 37.5 Å². The van der Waals surface area contributed by atoms with Crippen LogP contribution in [0.15, 0.2) is 53.5 Å². The first kappa shape index (κ1) is 19.5. The molecule has 6 heteroatoms. The second-order valence-electron chi connectivity index (χ2n) is 5.92. The van der Waals surface area contributed by atoms with Gasteiger partial charge in [0.1, 0.15) is 5.75 Å². The molecule has 1 aliphatic rings. The van der Waals surface area contributed by atoms with Gasteiger partial charge in [0, 0.05) is 25.3 Å². The molecule has 5 nitrogen and oxygen atoms in total. The molecule has 0 aliphatic carbocycles. The van der Waals surface area contributed by atoms with Gasteiger partial charge in [0.05, 0.1) is 13.7 Å². The van der Waals surface area contributed by atoms with E-state index in [9.17, 15) is 0 Å². The Morgan fingerprint density at radius 1 is 1.16 bits per heavy atom. The van der Waals surface area contributed by atoms with Gasteiger partial charge in [0.25, 0.3) is 0 Å². The summed E-state index contributed by atoms with van der Waals surface area (Å²) in [5, 5.41) is 3.10. The summed E-state index contributed by atoms with van der Waals surface area (Å²) in [6.07, 6.45) is 1.11. The van der Waals surface area contributed by atoms with Crippen molar-refractivity contribution >= 4 is 35.6 Å². The molecule has 0 amide bonds. The van der Waals surface area contributed by atoms with Crippen LogP contribution in [0.1, 0.15) is 11.1 Å². The highest BCUT2D eigenvalue weighted by atomic mass is 127. The van der Waals surface area contributed by atoms with Gasteiger partial charge in [-0.3, -0.25) is 9.89 Å². The average molecular weight is 452 g/mol. The van der Waals surface area contributed by atoms with Gasteiger partial charge in [-0.05, 0) is 41.8 Å². The lowest BCUT2D eigenvalue weighted by Gasteiger charge is -2.28. The Hall–Kier alpha value is -1.80. The smallest absolute Gasteiger partial charge is 0.193 e. The van der Waals surface area contributed by atoms with E-state index in [2.05, 4.69) is 39.5 Å². The maximum Gasteiger partial charge on any atom is 0.193 e. The molecule has 0 radical (unpaired) electrons. The zero-order chi connectivity index (χ0) is 16.8. The first-order valence-corrected chi connectivity index (χ1v) is 8.25. The Morgan fingerprint density at radius 2 is 1.88 bits per heavy atom. The number of nitrogens with two attached hydrogens (primary N) is 1. The van der Waals surface area contributed by atoms with Gasteiger partial charge in [-0.2, -0.15) is 0 Å². The number of hydrogen-bond donors (Lipinski definition) is 2. The maximum absolute atomic E-state index is 5.96. The molecule has 0 bridgehead atoms. The minimum absolute atomic E-state index is 0. The van der Waals surface area contributed by atoms with Crippen molar-refractivity contribution in [3.8, 4) is 5.75 Å². The van der Waals surface area contributed by atoms with E-state index < -0.39 is 0 Å². The van der Waals surface area contributed by atoms with Gasteiger partial charge >= 0.3 is 0 Å². The lowest BCUT2D eigenvalue weighted by Crippen LogP contribution is -2.33. The van der Waals surface area contributed by atoms with Crippen molar-refractivity contribution < 1.29 is 4.74 Å². The predicted molar refractivity (Wildman–Crippen MR) is 114 cm³/mol. The number of hydrogen-bond acceptors (Lipinski definition) is 3. The van der Waals surface area contributed by atoms with Crippen LogP contribution in [0, 0.1) is 0 Å². The summed E-state index contributed by atoms with van der Waals surface area (Å²) in [6.45, 7) is 3.69. The molecular weight excluding hydrogens is 427 g/mol. The number of rotatable bonds is 5. The molecular formula is C19H25IN4O. The normalized spacial score (nSPS) is 14.4. The van der Waals surface area contributed by atoms with E-state index in [1.807, 2.05) is 24.3 Å². The van der Waals surface area contributed by atoms with Crippen LogP contribution in [-0.4, -0.2) is 37.6 Å². The monoisotopic (exact) mass is 452 g/mol. The number of fused-ring (bicyclic) bond motifs is 1. The summed E-state index contributed by atoms with van der Waals surface area (Å²) >= 11 is 0. The van der Waals surface area contributed by atoms with Crippen LogP contribution in [0.25, 0.3) is 0 Å². The summed E-state index contributed by atoms with van der Waals surface area (Å²) in [7, 11) is 1.65. The highest BCUT2D eigenvalue weighted by molar-refractivity contribution is 14.0. The van der Waals surface area contributed by atoms with Crippen molar-refractivity contribution in [2.75, 3.05) is 32.1 Å². The van der Waals surface area contributed by atoms with Gasteiger partial charge in [0.15, 0.2) is 5.96 Å². The molecule has 2 aromatic carbocycles. The third kappa shape index (κ3) is 5.61. The zero-order valence-electron chi connectivity index (χ0n) is 14.4. The van der Waals surface area contributed by atoms with Crippen LogP contribution >= 0.6 is 24.0 Å². The van der Waals surface area contributed by atoms with Crippen LogP contribution < -0.4 is 15.8 Å². The number of aliphatic imine (C=N–C) groups is 1. The fourth-order valence-electron chi connectivity index (χ4n) is 2.92. The third-order valence-electron chi connectivity index (χ3n) is 4.27. The Labute approximate surface area is 166 Å². The minimum Gasteiger partial charge on any atom is -0.497 e. The van der Waals surface area contributed by atoms with Crippen molar-refractivity contribution in [1.29, 1.82) is 0 Å². The highest BCUT2D eigenvalue weighted by Crippen LogP contribution is 2.18. The van der Waals surface area contributed by atoms with Gasteiger partial charge in [-0.1, -0.05) is 24.3 Å². The predicted octanol–water partition coefficient (Wildman–Crippen LogP) is 3.10. The number of halogens is 1. The fraction of sp³-hybridized carbons (Fsp3) is 0.316. The van der Waals surface area contributed by atoms with Crippen LogP contribution in [-0.2, 0) is 13.0 Å². The van der Waals surface area contributed by atoms with Crippen molar-refractivity contribution in [3.05, 3.63) is 59.7 Å². The van der Waals surface area contributed by atoms with E-state index in [1.54, 1.807) is 7.11 Å². The van der Waals surface area contributed by atoms with Crippen molar-refractivity contribution in [1.82, 2.24) is 4.90 Å². The van der Waals surface area contributed by atoms with E-state index in [4.69, 9.17) is 10.5 Å². The lowest BCUT2D eigenvalue weighted by atomic mass is 10.0. The summed E-state index contributed by atoms with van der Waals surface area (Å²) in [5.74, 6) is 1.26. The molecule has 1 aliphatic heterocycles. The standard InChI is InChI=1S/C19H24N4O.HI/c1-24-18-8-6-17(7-9-18)22-19(20)21-11-13-23-12-10-15-4-2-3-5-16(15)14-23;/h2-9H,10-14H2,1H3,(H3,20,21,22);1H. The van der Waals surface area contributed by atoms with Crippen LogP contribution in [0.2, 0.25) is 0 Å². The second-order valence-corrected chi connectivity index (χ2v) is 5.92. The van der Waals surface area contributed by atoms with Gasteiger partial charge in [0.2, 0.25) is 0 Å². The van der Waals surface area contributed by atoms with E-state index in [1.165, 1.54) is 11.1 Å². The number of anilines is 1. The molecule has 0 fully saturated rings. The highest BCUT2D eigenvalue weighted by Gasteiger charge is 2.14. The summed E-state index contributed by atoms with van der Waals surface area (Å²) in [4.78, 5) is 6.85. The quantitative estimate of drug-likeness (QED) is 0.416. The fourth-order valence-corrected chi connectivity index (χ4v) is 2.92. The number of methoxy groups -OCH3 is 1. The zero-order valence-corrected chi connectivity index (χ0v) is 16.8. The molecule has 3 rings (SSSR count). The Bertz CT molecular complexity index is 703. The number of ether oxygens (including phenoxy) is 1. The Balaban J connectivity index is 0.00000225. The topological polar surface area (TPSA) is 62.9 Å². The summed E-state index contributed by atoms with van der Waals surface area (Å²) in [6, 6.07) is 16.3. The summed E-state index contributed by atoms with van der Waals surface area (Å²) in [5.41, 5.74) is 9.76. The SMILES string of the molecule is COc1ccc(NC(N)=NCCN2CCc3ccccc3C2)cc1.I. The molecule has 0 spiro atoms. The Kier molecular flexibility index (Phi) is 7.52. The molecule has 0 aromatic heterocycles. The van der Waals surface area contributed by atoms with E-state index in [0.29, 0.717) is 12.5 Å². The molecule has 25 heavy (non-hydrogen) atoms. The molecule has 0 unspecified atom stereocenters. The van der Waals surface area contributed by atoms with Crippen molar-refractivity contribution in [2.24, 2.45) is 10.7 Å². The average Bonchev–Trinajstić information content (AvgIpc) is 2.62. The summed E-state index contributed by atoms with van der Waals surface area (Å²) < 4.78 is 5.14. The van der Waals surface area contributed by atoms with Crippen molar-refractivity contribution in [2.45, 2.75) is 13.0 Å². The molecule has 1 heterocycles. The molecule has 134 valence electrons. The van der Waals surface area contributed by atoms with Crippen molar-refractivity contribution in [3.63, 3.8) is 0 Å². The second kappa shape index (κ2) is 9.62. The number of nitrogens with zero attached hydrogens (tertiary/aromatic N) is 2. The first-order valence-electron chi connectivity index (χ1n) is 8.25. The largest absolute Gasteiger partial charge is 0.497 e. The molecule has 0 saturated heterocycles. The number of nitrogens with one attached hydrogen (secondary N) is 1. The van der Waals surface area contributed by atoms with Crippen LogP contribution in [0.3, 0.4) is 0 Å². The van der Waals surface area contributed by atoms with Gasteiger partial charge in [-0.15, -0.1) is 24.0 Å². The minimum atomic E-state index is 0. The van der Waals surface area contributed by atoms with E-state index >= 15 is 0 Å².